The highest BCUT2D eigenvalue weighted by molar-refractivity contribution is 5.67. The zero-order valence-electron chi connectivity index (χ0n) is 13.1. The molecule has 0 atom stereocenters. The lowest BCUT2D eigenvalue weighted by molar-refractivity contribution is -0.384. The molecule has 1 heterocycles. The topological polar surface area (TPSA) is 91.3 Å². The van der Waals surface area contributed by atoms with Gasteiger partial charge in [-0.1, -0.05) is 11.2 Å². The number of nitrogens with zero attached hydrogens (tertiary/aromatic N) is 3. The zero-order chi connectivity index (χ0) is 18.9. The van der Waals surface area contributed by atoms with Gasteiger partial charge < -0.3 is 9.26 Å². The molecule has 0 fully saturated rings. The summed E-state index contributed by atoms with van der Waals surface area (Å²) < 4.78 is 48.9. The third-order valence-electron chi connectivity index (χ3n) is 3.33. The van der Waals surface area contributed by atoms with Crippen molar-refractivity contribution in [3.05, 3.63) is 64.0 Å². The molecule has 3 aromatic rings. The van der Waals surface area contributed by atoms with Crippen LogP contribution >= 0.6 is 0 Å². The second-order valence-corrected chi connectivity index (χ2v) is 5.20. The first-order chi connectivity index (χ1) is 12.2. The SMILES string of the molecule is Cc1nc(-c2ccc([N+](=O)[O-])cc2Oc2cccc(C(F)(F)F)c2)no1. The third kappa shape index (κ3) is 3.63. The number of aromatic nitrogens is 2. The maximum absolute atomic E-state index is 12.8. The number of aryl methyl sites for hydroxylation is 1. The number of nitro benzene ring substituents is 1. The van der Waals surface area contributed by atoms with Crippen LogP contribution in [0.5, 0.6) is 11.5 Å². The van der Waals surface area contributed by atoms with Gasteiger partial charge >= 0.3 is 6.18 Å². The lowest BCUT2D eigenvalue weighted by Crippen LogP contribution is -2.04. The minimum atomic E-state index is -4.55. The van der Waals surface area contributed by atoms with Crippen molar-refractivity contribution < 1.29 is 27.4 Å². The third-order valence-corrected chi connectivity index (χ3v) is 3.33. The summed E-state index contributed by atoms with van der Waals surface area (Å²) >= 11 is 0. The Balaban J connectivity index is 2.05. The van der Waals surface area contributed by atoms with Crippen molar-refractivity contribution in [2.24, 2.45) is 0 Å². The van der Waals surface area contributed by atoms with E-state index in [0.717, 1.165) is 18.2 Å². The van der Waals surface area contributed by atoms with E-state index < -0.39 is 16.7 Å². The molecule has 0 spiro atoms. The molecule has 0 unspecified atom stereocenters. The van der Waals surface area contributed by atoms with Crippen LogP contribution < -0.4 is 4.74 Å². The van der Waals surface area contributed by atoms with Gasteiger partial charge in [0.05, 0.1) is 22.1 Å². The molecule has 10 heteroatoms. The monoisotopic (exact) mass is 365 g/mol. The minimum absolute atomic E-state index is 0.0701. The Morgan fingerprint density at radius 2 is 1.96 bits per heavy atom. The van der Waals surface area contributed by atoms with Gasteiger partial charge in [-0.15, -0.1) is 0 Å². The summed E-state index contributed by atoms with van der Waals surface area (Å²) in [6, 6.07) is 7.80. The molecule has 0 saturated carbocycles. The molecule has 0 bridgehead atoms. The lowest BCUT2D eigenvalue weighted by atomic mass is 10.1. The molecular formula is C16H10F3N3O4. The Labute approximate surface area is 144 Å². The molecule has 0 radical (unpaired) electrons. The molecule has 0 aliphatic heterocycles. The van der Waals surface area contributed by atoms with Crippen molar-refractivity contribution in [1.29, 1.82) is 0 Å². The van der Waals surface area contributed by atoms with Gasteiger partial charge in [0, 0.05) is 13.0 Å². The fraction of sp³-hybridized carbons (Fsp3) is 0.125. The molecule has 3 rings (SSSR count). The van der Waals surface area contributed by atoms with E-state index in [0.29, 0.717) is 0 Å². The van der Waals surface area contributed by atoms with Crippen molar-refractivity contribution in [2.45, 2.75) is 13.1 Å². The molecular weight excluding hydrogens is 355 g/mol. The van der Waals surface area contributed by atoms with E-state index >= 15 is 0 Å². The molecule has 7 nitrogen and oxygen atoms in total. The number of nitro groups is 1. The van der Waals surface area contributed by atoms with E-state index in [1.807, 2.05) is 0 Å². The van der Waals surface area contributed by atoms with Gasteiger partial charge in [0.1, 0.15) is 11.5 Å². The highest BCUT2D eigenvalue weighted by Gasteiger charge is 2.30. The van der Waals surface area contributed by atoms with Crippen molar-refractivity contribution in [3.8, 4) is 22.9 Å². The fourth-order valence-electron chi connectivity index (χ4n) is 2.17. The molecule has 2 aromatic carbocycles. The summed E-state index contributed by atoms with van der Waals surface area (Å²) in [7, 11) is 0. The first-order valence-corrected chi connectivity index (χ1v) is 7.18. The smallest absolute Gasteiger partial charge is 0.416 e. The Kier molecular flexibility index (Phi) is 4.33. The van der Waals surface area contributed by atoms with Gasteiger partial charge in [0.25, 0.3) is 5.69 Å². The van der Waals surface area contributed by atoms with Gasteiger partial charge in [0.15, 0.2) is 0 Å². The molecule has 0 aliphatic carbocycles. The molecule has 0 saturated heterocycles. The molecule has 1 aromatic heterocycles. The van der Waals surface area contributed by atoms with Crippen LogP contribution in [0.1, 0.15) is 11.5 Å². The van der Waals surface area contributed by atoms with E-state index in [2.05, 4.69) is 10.1 Å². The number of hydrogen-bond acceptors (Lipinski definition) is 6. The quantitative estimate of drug-likeness (QED) is 0.489. The van der Waals surface area contributed by atoms with E-state index in [-0.39, 0.29) is 34.5 Å². The average molecular weight is 365 g/mol. The molecule has 134 valence electrons. The molecule has 0 N–H and O–H groups in total. The van der Waals surface area contributed by atoms with Crippen LogP contribution in [0.3, 0.4) is 0 Å². The summed E-state index contributed by atoms with van der Waals surface area (Å²) in [5, 5.41) is 14.7. The highest BCUT2D eigenvalue weighted by Crippen LogP contribution is 2.37. The molecule has 26 heavy (non-hydrogen) atoms. The van der Waals surface area contributed by atoms with Crippen molar-refractivity contribution in [2.75, 3.05) is 0 Å². The summed E-state index contributed by atoms with van der Waals surface area (Å²) in [6.45, 7) is 1.55. The van der Waals surface area contributed by atoms with Crippen LogP contribution in [0.2, 0.25) is 0 Å². The summed E-state index contributed by atoms with van der Waals surface area (Å²) in [6.07, 6.45) is -4.55. The maximum Gasteiger partial charge on any atom is 0.416 e. The number of ether oxygens (including phenoxy) is 1. The van der Waals surface area contributed by atoms with Gasteiger partial charge in [-0.2, -0.15) is 18.2 Å². The molecule has 0 aliphatic rings. The largest absolute Gasteiger partial charge is 0.456 e. The van der Waals surface area contributed by atoms with Crippen molar-refractivity contribution >= 4 is 5.69 Å². The van der Waals surface area contributed by atoms with Gasteiger partial charge in [-0.3, -0.25) is 10.1 Å². The summed E-state index contributed by atoms with van der Waals surface area (Å²) in [4.78, 5) is 14.4. The lowest BCUT2D eigenvalue weighted by Gasteiger charge is -2.11. The standard InChI is InChI=1S/C16H10F3N3O4/c1-9-20-15(21-26-9)13-6-5-11(22(23)24)8-14(13)25-12-4-2-3-10(7-12)16(17,18)19/h2-8H,1H3. The van der Waals surface area contributed by atoms with Crippen LogP contribution in [0, 0.1) is 17.0 Å². The average Bonchev–Trinajstić information content (AvgIpc) is 3.00. The first kappa shape index (κ1) is 17.4. The first-order valence-electron chi connectivity index (χ1n) is 7.18. The van der Waals surface area contributed by atoms with Crippen LogP contribution in [0.15, 0.2) is 47.0 Å². The van der Waals surface area contributed by atoms with Crippen LogP contribution in [-0.4, -0.2) is 15.1 Å². The van der Waals surface area contributed by atoms with Crippen LogP contribution in [0.4, 0.5) is 18.9 Å². The Morgan fingerprint density at radius 1 is 1.19 bits per heavy atom. The van der Waals surface area contributed by atoms with Gasteiger partial charge in [-0.25, -0.2) is 0 Å². The normalized spacial score (nSPS) is 11.4. The second kappa shape index (κ2) is 6.47. The summed E-state index contributed by atoms with van der Waals surface area (Å²) in [5.41, 5.74) is -0.960. The minimum Gasteiger partial charge on any atom is -0.456 e. The van der Waals surface area contributed by atoms with E-state index in [4.69, 9.17) is 9.26 Å². The number of benzene rings is 2. The van der Waals surface area contributed by atoms with Gasteiger partial charge in [0.2, 0.25) is 11.7 Å². The van der Waals surface area contributed by atoms with Gasteiger partial charge in [-0.05, 0) is 24.3 Å². The second-order valence-electron chi connectivity index (χ2n) is 5.20. The van der Waals surface area contributed by atoms with Crippen LogP contribution in [-0.2, 0) is 6.18 Å². The Hall–Kier alpha value is -3.43. The number of non-ortho nitro benzene ring substituents is 1. The predicted octanol–water partition coefficient (Wildman–Crippen LogP) is 4.76. The van der Waals surface area contributed by atoms with Crippen LogP contribution in [0.25, 0.3) is 11.4 Å². The Bertz CT molecular complexity index is 969. The van der Waals surface area contributed by atoms with E-state index in [1.165, 1.54) is 24.3 Å². The van der Waals surface area contributed by atoms with E-state index in [1.54, 1.807) is 6.92 Å². The number of hydrogen-bond donors (Lipinski definition) is 0. The number of rotatable bonds is 4. The Morgan fingerprint density at radius 3 is 2.58 bits per heavy atom. The highest BCUT2D eigenvalue weighted by atomic mass is 19.4. The summed E-state index contributed by atoms with van der Waals surface area (Å²) in [5.74, 6) is 0.142. The zero-order valence-corrected chi connectivity index (χ0v) is 13.1. The van der Waals surface area contributed by atoms with E-state index in [9.17, 15) is 23.3 Å². The number of halogens is 3. The maximum atomic E-state index is 12.8. The number of alkyl halides is 3. The fourth-order valence-corrected chi connectivity index (χ4v) is 2.17. The molecule has 0 amide bonds. The predicted molar refractivity (Wildman–Crippen MR) is 82.6 cm³/mol. The van der Waals surface area contributed by atoms with Crippen molar-refractivity contribution in [1.82, 2.24) is 10.1 Å². The van der Waals surface area contributed by atoms with Crippen molar-refractivity contribution in [3.63, 3.8) is 0 Å².